The molecule has 2 aliphatic heterocycles. The number of aromatic nitrogens is 1. The topological polar surface area (TPSA) is 124 Å². The van der Waals surface area contributed by atoms with E-state index >= 15 is 0 Å². The molecular formula is C25H32BN3O6. The van der Waals surface area contributed by atoms with Crippen LogP contribution in [0.25, 0.3) is 0 Å². The largest absolute Gasteiger partial charge is 0.508 e. The fourth-order valence-corrected chi connectivity index (χ4v) is 4.13. The zero-order chi connectivity index (χ0) is 25.4. The normalized spacial score (nSPS) is 19.5. The van der Waals surface area contributed by atoms with E-state index in [0.717, 1.165) is 5.56 Å². The molecule has 2 amide bonds. The quantitative estimate of drug-likeness (QED) is 0.603. The molecular weight excluding hydrogens is 449 g/mol. The fourth-order valence-electron chi connectivity index (χ4n) is 4.13. The predicted molar refractivity (Wildman–Crippen MR) is 131 cm³/mol. The molecule has 186 valence electrons. The number of phenolic OH excluding ortho intramolecular Hbond substituents is 1. The Labute approximate surface area is 205 Å². The number of carbonyl (C=O) groups excluding carboxylic acids is 2. The molecule has 1 aromatic carbocycles. The van der Waals surface area contributed by atoms with Gasteiger partial charge in [0.15, 0.2) is 0 Å². The van der Waals surface area contributed by atoms with E-state index in [1.54, 1.807) is 41.4 Å². The minimum Gasteiger partial charge on any atom is -0.508 e. The molecule has 0 aliphatic carbocycles. The molecule has 0 unspecified atom stereocenters. The van der Waals surface area contributed by atoms with E-state index in [2.05, 4.69) is 4.98 Å². The van der Waals surface area contributed by atoms with Crippen molar-refractivity contribution in [1.29, 1.82) is 0 Å². The summed E-state index contributed by atoms with van der Waals surface area (Å²) in [6, 6.07) is 8.25. The highest BCUT2D eigenvalue weighted by Gasteiger charge is 2.52. The number of aromatic hydroxyl groups is 1. The maximum atomic E-state index is 12.6. The highest BCUT2D eigenvalue weighted by atomic mass is 16.7. The van der Waals surface area contributed by atoms with E-state index in [4.69, 9.17) is 19.8 Å². The van der Waals surface area contributed by atoms with Gasteiger partial charge in [0.25, 0.3) is 5.91 Å². The van der Waals surface area contributed by atoms with Gasteiger partial charge in [-0.1, -0.05) is 12.1 Å². The Morgan fingerprint density at radius 1 is 1.14 bits per heavy atom. The van der Waals surface area contributed by atoms with Crippen LogP contribution in [0, 0.1) is 0 Å². The molecule has 3 heterocycles. The number of ether oxygens (including phenoxy) is 1. The van der Waals surface area contributed by atoms with Crippen LogP contribution in [0.1, 0.15) is 56.5 Å². The van der Waals surface area contributed by atoms with Crippen molar-refractivity contribution in [1.82, 2.24) is 9.88 Å². The monoisotopic (exact) mass is 481 g/mol. The number of hydrogen-bond donors (Lipinski definition) is 2. The number of likely N-dealkylation sites (tertiary alicyclic amines) is 1. The molecule has 2 aliphatic rings. The molecule has 0 spiro atoms. The van der Waals surface area contributed by atoms with Crippen LogP contribution in [-0.4, -0.2) is 64.3 Å². The summed E-state index contributed by atoms with van der Waals surface area (Å²) in [5.41, 5.74) is 6.21. The maximum Gasteiger partial charge on any atom is 0.496 e. The number of amides is 2. The average molecular weight is 481 g/mol. The summed E-state index contributed by atoms with van der Waals surface area (Å²) < 4.78 is 18.2. The van der Waals surface area contributed by atoms with Crippen molar-refractivity contribution in [3.63, 3.8) is 0 Å². The van der Waals surface area contributed by atoms with Crippen molar-refractivity contribution in [3.8, 4) is 11.6 Å². The first-order valence-electron chi connectivity index (χ1n) is 11.8. The predicted octanol–water partition coefficient (Wildman–Crippen LogP) is 1.80. The lowest BCUT2D eigenvalue weighted by Crippen LogP contribution is -2.42. The molecule has 0 saturated carbocycles. The summed E-state index contributed by atoms with van der Waals surface area (Å²) in [5.74, 6) is -0.275. The maximum absolute atomic E-state index is 12.6. The standard InChI is InChI=1S/C25H32BN3O6/c1-24(2)25(3,4)35-26(34-24)17-14-20(22(27)32)23(28-15-17)33-19-9-11-29(12-10-19)21(31)13-16-5-7-18(30)8-6-16/h5-8,14-15,19,30H,9-13H2,1-4H3,(H2,27,32). The van der Waals surface area contributed by atoms with E-state index in [-0.39, 0.29) is 35.6 Å². The Kier molecular flexibility index (Phi) is 6.79. The van der Waals surface area contributed by atoms with Gasteiger partial charge in [0.2, 0.25) is 11.8 Å². The lowest BCUT2D eigenvalue weighted by Gasteiger charge is -2.32. The number of benzene rings is 1. The molecule has 0 radical (unpaired) electrons. The SMILES string of the molecule is CC1(C)OB(c2cnc(OC3CCN(C(=O)Cc4ccc(O)cc4)CC3)c(C(N)=O)c2)OC1(C)C. The van der Waals surface area contributed by atoms with Gasteiger partial charge >= 0.3 is 7.12 Å². The van der Waals surface area contributed by atoms with E-state index in [9.17, 15) is 14.7 Å². The zero-order valence-electron chi connectivity index (χ0n) is 20.6. The van der Waals surface area contributed by atoms with Gasteiger partial charge in [-0.25, -0.2) is 4.98 Å². The molecule has 0 bridgehead atoms. The number of primary amides is 1. The van der Waals surface area contributed by atoms with Gasteiger partial charge in [-0.2, -0.15) is 0 Å². The van der Waals surface area contributed by atoms with Crippen LogP contribution in [-0.2, 0) is 20.5 Å². The highest BCUT2D eigenvalue weighted by molar-refractivity contribution is 6.62. The second-order valence-corrected chi connectivity index (χ2v) is 10.1. The van der Waals surface area contributed by atoms with Gasteiger partial charge in [0, 0.05) is 37.6 Å². The number of pyridine rings is 1. The van der Waals surface area contributed by atoms with Crippen molar-refractivity contribution in [2.45, 2.75) is 64.3 Å². The number of phenols is 1. The molecule has 35 heavy (non-hydrogen) atoms. The Morgan fingerprint density at radius 2 is 1.74 bits per heavy atom. The lowest BCUT2D eigenvalue weighted by molar-refractivity contribution is -0.132. The van der Waals surface area contributed by atoms with Gasteiger partial charge in [-0.3, -0.25) is 9.59 Å². The Hall–Kier alpha value is -3.11. The number of nitrogens with zero attached hydrogens (tertiary/aromatic N) is 2. The molecule has 2 fully saturated rings. The Balaban J connectivity index is 1.37. The van der Waals surface area contributed by atoms with Crippen LogP contribution in [0.2, 0.25) is 0 Å². The first-order chi connectivity index (χ1) is 16.4. The minimum absolute atomic E-state index is 0.0249. The van der Waals surface area contributed by atoms with Crippen LogP contribution in [0.15, 0.2) is 36.5 Å². The lowest BCUT2D eigenvalue weighted by atomic mass is 9.79. The van der Waals surface area contributed by atoms with Crippen LogP contribution >= 0.6 is 0 Å². The van der Waals surface area contributed by atoms with Gasteiger partial charge < -0.3 is 29.8 Å². The van der Waals surface area contributed by atoms with E-state index in [0.29, 0.717) is 31.4 Å². The number of hydrogen-bond acceptors (Lipinski definition) is 7. The van der Waals surface area contributed by atoms with E-state index < -0.39 is 24.2 Å². The van der Waals surface area contributed by atoms with Crippen LogP contribution in [0.5, 0.6) is 11.6 Å². The number of rotatable bonds is 6. The van der Waals surface area contributed by atoms with Crippen LogP contribution in [0.3, 0.4) is 0 Å². The number of nitrogens with two attached hydrogens (primary N) is 1. The average Bonchev–Trinajstić information content (AvgIpc) is 3.02. The van der Waals surface area contributed by atoms with Gasteiger partial charge in [-0.15, -0.1) is 0 Å². The second-order valence-electron chi connectivity index (χ2n) is 10.1. The summed E-state index contributed by atoms with van der Waals surface area (Å²) in [5, 5.41) is 9.40. The molecule has 2 saturated heterocycles. The van der Waals surface area contributed by atoms with Crippen molar-refractivity contribution in [3.05, 3.63) is 47.7 Å². The third kappa shape index (κ3) is 5.43. The summed E-state index contributed by atoms with van der Waals surface area (Å²) in [6.07, 6.45) is 2.89. The van der Waals surface area contributed by atoms with Gasteiger partial charge in [0.05, 0.1) is 17.6 Å². The minimum atomic E-state index is -0.664. The van der Waals surface area contributed by atoms with E-state index in [1.807, 2.05) is 27.7 Å². The van der Waals surface area contributed by atoms with Crippen LogP contribution < -0.4 is 15.9 Å². The smallest absolute Gasteiger partial charge is 0.496 e. The number of piperidine rings is 1. The van der Waals surface area contributed by atoms with Crippen molar-refractivity contribution < 1.29 is 28.7 Å². The molecule has 2 aromatic rings. The molecule has 4 rings (SSSR count). The van der Waals surface area contributed by atoms with Crippen molar-refractivity contribution in [2.24, 2.45) is 5.73 Å². The Bertz CT molecular complexity index is 1080. The fraction of sp³-hybridized carbons (Fsp3) is 0.480. The molecule has 10 heteroatoms. The summed E-state index contributed by atoms with van der Waals surface area (Å²) in [4.78, 5) is 31.0. The van der Waals surface area contributed by atoms with Gasteiger partial charge in [-0.05, 0) is 51.5 Å². The van der Waals surface area contributed by atoms with Gasteiger partial charge in [0.1, 0.15) is 17.4 Å². The third-order valence-electron chi connectivity index (χ3n) is 7.03. The van der Waals surface area contributed by atoms with Crippen molar-refractivity contribution >= 4 is 24.4 Å². The molecule has 0 atom stereocenters. The summed E-state index contributed by atoms with van der Waals surface area (Å²) in [6.45, 7) is 8.89. The third-order valence-corrected chi connectivity index (χ3v) is 7.03. The summed E-state index contributed by atoms with van der Waals surface area (Å²) in [7, 11) is -0.664. The van der Waals surface area contributed by atoms with E-state index in [1.165, 1.54) is 0 Å². The molecule has 3 N–H and O–H groups in total. The molecule has 1 aromatic heterocycles. The summed E-state index contributed by atoms with van der Waals surface area (Å²) >= 11 is 0. The van der Waals surface area contributed by atoms with Crippen LogP contribution in [0.4, 0.5) is 0 Å². The van der Waals surface area contributed by atoms with Crippen molar-refractivity contribution in [2.75, 3.05) is 13.1 Å². The Morgan fingerprint density at radius 3 is 2.31 bits per heavy atom. The highest BCUT2D eigenvalue weighted by Crippen LogP contribution is 2.36. The molecule has 9 nitrogen and oxygen atoms in total. The zero-order valence-corrected chi connectivity index (χ0v) is 20.6. The first kappa shape index (κ1) is 25.0. The first-order valence-corrected chi connectivity index (χ1v) is 11.8. The number of carbonyl (C=O) groups is 2. The second kappa shape index (κ2) is 9.51.